The van der Waals surface area contributed by atoms with Crippen molar-refractivity contribution in [1.29, 1.82) is 0 Å². The van der Waals surface area contributed by atoms with Crippen molar-refractivity contribution in [2.24, 2.45) is 0 Å². The Balaban J connectivity index is 1.77. The fourth-order valence-electron chi connectivity index (χ4n) is 1.59. The zero-order valence-electron chi connectivity index (χ0n) is 8.80. The minimum Gasteiger partial charge on any atom is -0.474 e. The van der Waals surface area contributed by atoms with Gasteiger partial charge in [-0.2, -0.15) is 0 Å². The van der Waals surface area contributed by atoms with Gasteiger partial charge in [0.25, 0.3) is 0 Å². The zero-order chi connectivity index (χ0) is 10.8. The third-order valence-corrected chi connectivity index (χ3v) is 3.60. The molecule has 4 heteroatoms. The van der Waals surface area contributed by atoms with Gasteiger partial charge >= 0.3 is 0 Å². The van der Waals surface area contributed by atoms with E-state index in [1.807, 2.05) is 23.7 Å². The highest BCUT2D eigenvalue weighted by molar-refractivity contribution is 7.13. The molecule has 0 bridgehead atoms. The van der Waals surface area contributed by atoms with Crippen molar-refractivity contribution < 1.29 is 4.74 Å². The number of pyridine rings is 1. The Kier molecular flexibility index (Phi) is 2.58. The number of rotatable bonds is 3. The zero-order valence-corrected chi connectivity index (χ0v) is 9.61. The summed E-state index contributed by atoms with van der Waals surface area (Å²) in [6.45, 7) is 0. The van der Waals surface area contributed by atoms with Crippen molar-refractivity contribution in [2.75, 3.05) is 0 Å². The van der Waals surface area contributed by atoms with Crippen LogP contribution in [0, 0.1) is 0 Å². The molecule has 0 saturated heterocycles. The number of hydrogen-bond acceptors (Lipinski definition) is 4. The minimum atomic E-state index is 0.392. The second kappa shape index (κ2) is 4.22. The van der Waals surface area contributed by atoms with Gasteiger partial charge in [-0.3, -0.25) is 4.98 Å². The van der Waals surface area contributed by atoms with Crippen LogP contribution in [-0.4, -0.2) is 16.1 Å². The highest BCUT2D eigenvalue weighted by Crippen LogP contribution is 2.29. The molecule has 1 aliphatic rings. The third kappa shape index (κ3) is 1.93. The Hall–Kier alpha value is -1.42. The lowest BCUT2D eigenvalue weighted by Gasteiger charge is -2.24. The van der Waals surface area contributed by atoms with Crippen LogP contribution >= 0.6 is 11.3 Å². The van der Waals surface area contributed by atoms with E-state index in [0.29, 0.717) is 6.10 Å². The predicted octanol–water partition coefficient (Wildman–Crippen LogP) is 3.14. The highest BCUT2D eigenvalue weighted by atomic mass is 32.1. The van der Waals surface area contributed by atoms with Gasteiger partial charge in [0.15, 0.2) is 0 Å². The molecule has 3 rings (SSSR count). The highest BCUT2D eigenvalue weighted by Gasteiger charge is 2.20. The van der Waals surface area contributed by atoms with Gasteiger partial charge in [0.1, 0.15) is 11.1 Å². The van der Waals surface area contributed by atoms with Crippen molar-refractivity contribution in [3.63, 3.8) is 0 Å². The lowest BCUT2D eigenvalue weighted by atomic mass is 9.96. The fourth-order valence-corrected chi connectivity index (χ4v) is 2.31. The second-order valence-corrected chi connectivity index (χ2v) is 4.76. The number of nitrogens with zero attached hydrogens (tertiary/aromatic N) is 2. The van der Waals surface area contributed by atoms with E-state index < -0.39 is 0 Å². The molecular formula is C12H12N2OS. The molecule has 1 aliphatic carbocycles. The van der Waals surface area contributed by atoms with Crippen LogP contribution in [0.4, 0.5) is 0 Å². The molecular weight excluding hydrogens is 220 g/mol. The van der Waals surface area contributed by atoms with E-state index in [9.17, 15) is 0 Å². The summed E-state index contributed by atoms with van der Waals surface area (Å²) in [7, 11) is 0. The van der Waals surface area contributed by atoms with E-state index in [1.54, 1.807) is 17.5 Å². The van der Waals surface area contributed by atoms with E-state index in [-0.39, 0.29) is 0 Å². The minimum absolute atomic E-state index is 0.392. The lowest BCUT2D eigenvalue weighted by molar-refractivity contribution is 0.115. The first-order chi connectivity index (χ1) is 7.92. The summed E-state index contributed by atoms with van der Waals surface area (Å²) in [5, 5.41) is 2.95. The van der Waals surface area contributed by atoms with Gasteiger partial charge in [0.2, 0.25) is 5.88 Å². The number of ether oxygens (including phenoxy) is 1. The summed E-state index contributed by atoms with van der Waals surface area (Å²) < 4.78 is 5.73. The van der Waals surface area contributed by atoms with Crippen LogP contribution in [0.15, 0.2) is 29.9 Å². The Morgan fingerprint density at radius 2 is 2.31 bits per heavy atom. The van der Waals surface area contributed by atoms with Gasteiger partial charge in [0.05, 0.1) is 5.38 Å². The molecule has 0 N–H and O–H groups in total. The molecule has 0 aromatic carbocycles. The van der Waals surface area contributed by atoms with Crippen molar-refractivity contribution in [1.82, 2.24) is 9.97 Å². The van der Waals surface area contributed by atoms with Crippen LogP contribution < -0.4 is 4.74 Å². The molecule has 2 aromatic heterocycles. The van der Waals surface area contributed by atoms with Crippen LogP contribution in [0.3, 0.4) is 0 Å². The van der Waals surface area contributed by atoms with Gasteiger partial charge < -0.3 is 4.74 Å². The monoisotopic (exact) mass is 232 g/mol. The van der Waals surface area contributed by atoms with Gasteiger partial charge in [0, 0.05) is 18.0 Å². The number of hydrogen-bond donors (Lipinski definition) is 0. The first-order valence-electron chi connectivity index (χ1n) is 5.44. The van der Waals surface area contributed by atoms with E-state index in [2.05, 4.69) is 9.97 Å². The summed E-state index contributed by atoms with van der Waals surface area (Å²) >= 11 is 1.60. The lowest BCUT2D eigenvalue weighted by Crippen LogP contribution is -2.24. The topological polar surface area (TPSA) is 35.0 Å². The first-order valence-corrected chi connectivity index (χ1v) is 6.32. The smallest absolute Gasteiger partial charge is 0.225 e. The van der Waals surface area contributed by atoms with Crippen molar-refractivity contribution in [3.05, 3.63) is 29.9 Å². The summed E-state index contributed by atoms with van der Waals surface area (Å²) in [6.07, 6.45) is 7.60. The largest absolute Gasteiger partial charge is 0.474 e. The molecule has 16 heavy (non-hydrogen) atoms. The Morgan fingerprint density at radius 1 is 1.38 bits per heavy atom. The van der Waals surface area contributed by atoms with Crippen molar-refractivity contribution in [3.8, 4) is 16.5 Å². The van der Waals surface area contributed by atoms with Gasteiger partial charge in [-0.25, -0.2) is 4.98 Å². The van der Waals surface area contributed by atoms with E-state index in [4.69, 9.17) is 4.74 Å². The normalized spacial score (nSPS) is 15.8. The van der Waals surface area contributed by atoms with Crippen LogP contribution in [0.2, 0.25) is 0 Å². The van der Waals surface area contributed by atoms with Crippen LogP contribution in [0.5, 0.6) is 5.88 Å². The Labute approximate surface area is 98.1 Å². The molecule has 2 aromatic rings. The molecule has 0 atom stereocenters. The summed E-state index contributed by atoms with van der Waals surface area (Å²) in [4.78, 5) is 8.54. The molecule has 2 heterocycles. The average Bonchev–Trinajstić information content (AvgIpc) is 2.73. The Morgan fingerprint density at radius 3 is 3.00 bits per heavy atom. The molecule has 0 amide bonds. The summed E-state index contributed by atoms with van der Waals surface area (Å²) in [6, 6.07) is 3.93. The first kappa shape index (κ1) is 9.78. The average molecular weight is 232 g/mol. The van der Waals surface area contributed by atoms with Gasteiger partial charge in [-0.1, -0.05) is 0 Å². The maximum absolute atomic E-state index is 5.73. The van der Waals surface area contributed by atoms with E-state index in [1.165, 1.54) is 19.3 Å². The quantitative estimate of drug-likeness (QED) is 0.815. The molecule has 0 spiro atoms. The number of aromatic nitrogens is 2. The van der Waals surface area contributed by atoms with Crippen LogP contribution in [0.25, 0.3) is 10.6 Å². The fraction of sp³-hybridized carbons (Fsp3) is 0.333. The molecule has 1 saturated carbocycles. The molecule has 0 aliphatic heterocycles. The molecule has 82 valence electrons. The van der Waals surface area contributed by atoms with Gasteiger partial charge in [-0.05, 0) is 31.4 Å². The van der Waals surface area contributed by atoms with Crippen LogP contribution in [-0.2, 0) is 0 Å². The molecule has 1 fully saturated rings. The summed E-state index contributed by atoms with van der Waals surface area (Å²) in [5.41, 5.74) is 1.05. The molecule has 0 radical (unpaired) electrons. The van der Waals surface area contributed by atoms with Crippen LogP contribution in [0.1, 0.15) is 19.3 Å². The third-order valence-electron chi connectivity index (χ3n) is 2.73. The van der Waals surface area contributed by atoms with E-state index in [0.717, 1.165) is 16.5 Å². The van der Waals surface area contributed by atoms with Crippen molar-refractivity contribution >= 4 is 11.3 Å². The van der Waals surface area contributed by atoms with Crippen molar-refractivity contribution in [2.45, 2.75) is 25.4 Å². The molecule has 0 unspecified atom stereocenters. The van der Waals surface area contributed by atoms with E-state index >= 15 is 0 Å². The number of thiazole rings is 1. The second-order valence-electron chi connectivity index (χ2n) is 3.90. The predicted molar refractivity (Wildman–Crippen MR) is 63.6 cm³/mol. The SMILES string of the molecule is c1cncc(-c2nc(OC3CCC3)cs2)c1. The molecule has 3 nitrogen and oxygen atoms in total. The maximum atomic E-state index is 5.73. The standard InChI is InChI=1S/C12H12N2OS/c1-4-10(5-1)15-11-8-16-12(14-11)9-3-2-6-13-7-9/h2-3,6-8,10H,1,4-5H2. The van der Waals surface area contributed by atoms with Gasteiger partial charge in [-0.15, -0.1) is 11.3 Å². The maximum Gasteiger partial charge on any atom is 0.225 e. The Bertz CT molecular complexity index is 465. The summed E-state index contributed by atoms with van der Waals surface area (Å²) in [5.74, 6) is 0.758.